The summed E-state index contributed by atoms with van der Waals surface area (Å²) in [5.41, 5.74) is 1.99. The third kappa shape index (κ3) is 4.16. The molecule has 5 nitrogen and oxygen atoms in total. The van der Waals surface area contributed by atoms with Gasteiger partial charge in [0.05, 0.1) is 19.8 Å². The van der Waals surface area contributed by atoms with Crippen molar-refractivity contribution in [3.8, 4) is 11.6 Å². The number of hydrogen-bond donors (Lipinski definition) is 1. The minimum Gasteiger partial charge on any atom is -0.494 e. The summed E-state index contributed by atoms with van der Waals surface area (Å²) in [4.78, 5) is 8.53. The first-order valence-electron chi connectivity index (χ1n) is 6.96. The molecule has 1 heterocycles. The number of nitrogens with one attached hydrogen (secondary N) is 1. The monoisotopic (exact) mass is 287 g/mol. The number of aryl methyl sites for hydroxylation is 1. The van der Waals surface area contributed by atoms with E-state index < -0.39 is 0 Å². The smallest absolute Gasteiger partial charge is 0.236 e. The van der Waals surface area contributed by atoms with Crippen LogP contribution >= 0.6 is 0 Å². The highest BCUT2D eigenvalue weighted by atomic mass is 16.5. The molecule has 1 N–H and O–H groups in total. The van der Waals surface area contributed by atoms with Gasteiger partial charge in [-0.2, -0.15) is 0 Å². The van der Waals surface area contributed by atoms with Crippen LogP contribution in [-0.2, 0) is 0 Å². The Morgan fingerprint density at radius 3 is 2.76 bits per heavy atom. The summed E-state index contributed by atoms with van der Waals surface area (Å²) >= 11 is 0. The summed E-state index contributed by atoms with van der Waals surface area (Å²) in [5.74, 6) is 1.43. The molecule has 0 saturated carbocycles. The molecule has 5 heteroatoms. The molecular weight excluding hydrogens is 266 g/mol. The van der Waals surface area contributed by atoms with Crippen molar-refractivity contribution in [3.05, 3.63) is 47.9 Å². The van der Waals surface area contributed by atoms with Gasteiger partial charge >= 0.3 is 0 Å². The predicted octanol–water partition coefficient (Wildman–Crippen LogP) is 2.52. The molecule has 21 heavy (non-hydrogen) atoms. The molecule has 0 aliphatic carbocycles. The lowest BCUT2D eigenvalue weighted by molar-refractivity contribution is 0.284. The highest BCUT2D eigenvalue weighted by Gasteiger charge is 2.16. The van der Waals surface area contributed by atoms with Crippen LogP contribution in [0, 0.1) is 6.92 Å². The number of benzene rings is 1. The molecule has 2 aromatic rings. The predicted molar refractivity (Wildman–Crippen MR) is 81.7 cm³/mol. The maximum atomic E-state index is 5.79. The van der Waals surface area contributed by atoms with Gasteiger partial charge in [0, 0.05) is 18.8 Å². The zero-order chi connectivity index (χ0) is 15.1. The van der Waals surface area contributed by atoms with E-state index in [4.69, 9.17) is 9.47 Å². The maximum absolute atomic E-state index is 5.79. The zero-order valence-electron chi connectivity index (χ0n) is 12.7. The van der Waals surface area contributed by atoms with Gasteiger partial charge in [-0.3, -0.25) is 4.98 Å². The second-order valence-electron chi connectivity index (χ2n) is 4.75. The van der Waals surface area contributed by atoms with Crippen molar-refractivity contribution < 1.29 is 9.47 Å². The first-order valence-corrected chi connectivity index (χ1v) is 6.96. The van der Waals surface area contributed by atoms with Crippen molar-refractivity contribution >= 4 is 0 Å². The Balaban J connectivity index is 1.96. The Hall–Kier alpha value is -2.14. The van der Waals surface area contributed by atoms with Gasteiger partial charge in [-0.05, 0) is 31.7 Å². The molecule has 0 aliphatic rings. The maximum Gasteiger partial charge on any atom is 0.236 e. The molecule has 0 amide bonds. The van der Waals surface area contributed by atoms with E-state index in [1.807, 2.05) is 38.2 Å². The van der Waals surface area contributed by atoms with Crippen LogP contribution in [0.25, 0.3) is 0 Å². The summed E-state index contributed by atoms with van der Waals surface area (Å²) in [5, 5.41) is 3.23. The second kappa shape index (κ2) is 7.59. The molecule has 1 aromatic carbocycles. The molecule has 0 aliphatic heterocycles. The van der Waals surface area contributed by atoms with Gasteiger partial charge in [0.1, 0.15) is 11.4 Å². The molecule has 112 valence electrons. The number of rotatable bonds is 7. The minimum absolute atomic E-state index is 0.0402. The third-order valence-corrected chi connectivity index (χ3v) is 3.23. The van der Waals surface area contributed by atoms with E-state index in [-0.39, 0.29) is 6.04 Å². The number of ether oxygens (including phenoxy) is 2. The van der Waals surface area contributed by atoms with Crippen molar-refractivity contribution in [2.45, 2.75) is 19.4 Å². The molecule has 2 rings (SSSR count). The van der Waals surface area contributed by atoms with Gasteiger partial charge < -0.3 is 14.8 Å². The number of hydrogen-bond acceptors (Lipinski definition) is 5. The Morgan fingerprint density at radius 2 is 2.05 bits per heavy atom. The molecular formula is C16H21N3O2. The van der Waals surface area contributed by atoms with E-state index >= 15 is 0 Å². The summed E-state index contributed by atoms with van der Waals surface area (Å²) in [6.07, 6.45) is 4.07. The van der Waals surface area contributed by atoms with Crippen LogP contribution in [0.2, 0.25) is 0 Å². The van der Waals surface area contributed by atoms with Crippen LogP contribution in [0.5, 0.6) is 11.6 Å². The second-order valence-corrected chi connectivity index (χ2v) is 4.75. The topological polar surface area (TPSA) is 56.3 Å². The van der Waals surface area contributed by atoms with Crippen molar-refractivity contribution in [2.75, 3.05) is 20.8 Å². The van der Waals surface area contributed by atoms with Gasteiger partial charge in [0.2, 0.25) is 5.88 Å². The Morgan fingerprint density at radius 1 is 1.24 bits per heavy atom. The highest BCUT2D eigenvalue weighted by molar-refractivity contribution is 5.27. The fourth-order valence-corrected chi connectivity index (χ4v) is 2.15. The minimum atomic E-state index is 0.0402. The molecule has 0 fully saturated rings. The zero-order valence-corrected chi connectivity index (χ0v) is 12.7. The average molecular weight is 287 g/mol. The Labute approximate surface area is 125 Å². The lowest BCUT2D eigenvalue weighted by Gasteiger charge is -2.17. The van der Waals surface area contributed by atoms with E-state index in [1.165, 1.54) is 5.56 Å². The lowest BCUT2D eigenvalue weighted by atomic mass is 10.1. The molecule has 1 aromatic heterocycles. The van der Waals surface area contributed by atoms with E-state index in [1.54, 1.807) is 19.5 Å². The third-order valence-electron chi connectivity index (χ3n) is 3.23. The van der Waals surface area contributed by atoms with Crippen LogP contribution in [0.4, 0.5) is 0 Å². The molecule has 1 unspecified atom stereocenters. The van der Waals surface area contributed by atoms with Crippen molar-refractivity contribution in [1.29, 1.82) is 0 Å². The van der Waals surface area contributed by atoms with Gasteiger partial charge in [0.15, 0.2) is 0 Å². The van der Waals surface area contributed by atoms with Crippen molar-refractivity contribution in [3.63, 3.8) is 0 Å². The standard InChI is InChI=1S/C16H21N3O2/c1-12-5-4-6-13(11-12)21-10-7-14(17-2)15-16(20-3)19-9-8-18-15/h4-6,8-9,11,14,17H,7,10H2,1-3H3. The van der Waals surface area contributed by atoms with Crippen molar-refractivity contribution in [2.24, 2.45) is 0 Å². The summed E-state index contributed by atoms with van der Waals surface area (Å²) < 4.78 is 11.0. The van der Waals surface area contributed by atoms with Crippen LogP contribution < -0.4 is 14.8 Å². The summed E-state index contributed by atoms with van der Waals surface area (Å²) in [6, 6.07) is 8.07. The Kier molecular flexibility index (Phi) is 5.51. The molecule has 0 bridgehead atoms. The van der Waals surface area contributed by atoms with Crippen LogP contribution in [0.1, 0.15) is 23.7 Å². The van der Waals surface area contributed by atoms with Gasteiger partial charge in [-0.1, -0.05) is 12.1 Å². The molecule has 0 saturated heterocycles. The van der Waals surface area contributed by atoms with Crippen LogP contribution in [0.15, 0.2) is 36.7 Å². The average Bonchev–Trinajstić information content (AvgIpc) is 2.52. The van der Waals surface area contributed by atoms with E-state index in [2.05, 4.69) is 15.3 Å². The molecule has 0 radical (unpaired) electrons. The summed E-state index contributed by atoms with van der Waals surface area (Å²) in [6.45, 7) is 2.64. The number of methoxy groups -OCH3 is 1. The lowest BCUT2D eigenvalue weighted by Crippen LogP contribution is -2.21. The SMILES string of the molecule is CNC(CCOc1cccc(C)c1)c1nccnc1OC. The largest absolute Gasteiger partial charge is 0.494 e. The van der Waals surface area contributed by atoms with E-state index in [0.29, 0.717) is 12.5 Å². The van der Waals surface area contributed by atoms with E-state index in [0.717, 1.165) is 17.9 Å². The molecule has 1 atom stereocenters. The first-order chi connectivity index (χ1) is 10.2. The Bertz CT molecular complexity index is 575. The fourth-order valence-electron chi connectivity index (χ4n) is 2.15. The highest BCUT2D eigenvalue weighted by Crippen LogP contribution is 2.22. The van der Waals surface area contributed by atoms with Crippen LogP contribution in [0.3, 0.4) is 0 Å². The van der Waals surface area contributed by atoms with Crippen molar-refractivity contribution in [1.82, 2.24) is 15.3 Å². The number of nitrogens with zero attached hydrogens (tertiary/aromatic N) is 2. The van der Waals surface area contributed by atoms with Crippen LogP contribution in [-0.4, -0.2) is 30.7 Å². The van der Waals surface area contributed by atoms with Gasteiger partial charge in [0.25, 0.3) is 0 Å². The normalized spacial score (nSPS) is 12.0. The number of aromatic nitrogens is 2. The van der Waals surface area contributed by atoms with E-state index in [9.17, 15) is 0 Å². The quantitative estimate of drug-likeness (QED) is 0.848. The summed E-state index contributed by atoms with van der Waals surface area (Å²) in [7, 11) is 3.49. The first kappa shape index (κ1) is 15.3. The molecule has 0 spiro atoms. The fraction of sp³-hybridized carbons (Fsp3) is 0.375. The van der Waals surface area contributed by atoms with Gasteiger partial charge in [-0.15, -0.1) is 0 Å². The van der Waals surface area contributed by atoms with Gasteiger partial charge in [-0.25, -0.2) is 4.98 Å².